The summed E-state index contributed by atoms with van der Waals surface area (Å²) in [6.07, 6.45) is 1.78. The molecule has 1 saturated heterocycles. The molecule has 1 fully saturated rings. The zero-order valence-corrected chi connectivity index (χ0v) is 16.0. The Balaban J connectivity index is 1.60. The van der Waals surface area contributed by atoms with Crippen LogP contribution in [-0.4, -0.2) is 45.4 Å². The van der Waals surface area contributed by atoms with E-state index in [9.17, 15) is 13.2 Å². The smallest absolute Gasteiger partial charge is 0.243 e. The third-order valence-corrected chi connectivity index (χ3v) is 6.26. The van der Waals surface area contributed by atoms with Crippen molar-refractivity contribution in [2.75, 3.05) is 37.4 Å². The molecule has 0 radical (unpaired) electrons. The van der Waals surface area contributed by atoms with Crippen molar-refractivity contribution in [1.82, 2.24) is 4.31 Å². The van der Waals surface area contributed by atoms with E-state index in [1.165, 1.54) is 4.31 Å². The lowest BCUT2D eigenvalue weighted by Crippen LogP contribution is -2.28. The summed E-state index contributed by atoms with van der Waals surface area (Å²) >= 11 is 0. The molecule has 1 aliphatic heterocycles. The van der Waals surface area contributed by atoms with E-state index in [4.69, 9.17) is 4.74 Å². The van der Waals surface area contributed by atoms with Gasteiger partial charge in [0.1, 0.15) is 5.75 Å². The standard InChI is InChI=1S/C19H23N3O4S/c1-26-17-9-7-15(8-10-17)21-19(23)14-20-16-5-4-6-18(13-16)27(24,25)22-11-2-3-12-22/h4-10,13,20H,2-3,11-12,14H2,1H3,(H,21,23). The number of nitrogens with zero attached hydrogens (tertiary/aromatic N) is 1. The number of nitrogens with one attached hydrogen (secondary N) is 2. The van der Waals surface area contributed by atoms with Crippen LogP contribution < -0.4 is 15.4 Å². The van der Waals surface area contributed by atoms with Gasteiger partial charge in [-0.1, -0.05) is 6.07 Å². The largest absolute Gasteiger partial charge is 0.497 e. The average Bonchev–Trinajstić information content (AvgIpc) is 3.23. The molecule has 2 aromatic carbocycles. The van der Waals surface area contributed by atoms with Gasteiger partial charge in [0.25, 0.3) is 0 Å². The van der Waals surface area contributed by atoms with Crippen molar-refractivity contribution < 1.29 is 17.9 Å². The first-order valence-corrected chi connectivity index (χ1v) is 10.2. The number of hydrogen-bond donors (Lipinski definition) is 2. The topological polar surface area (TPSA) is 87.7 Å². The van der Waals surface area contributed by atoms with E-state index in [0.29, 0.717) is 30.2 Å². The van der Waals surface area contributed by atoms with Crippen LogP contribution in [0.1, 0.15) is 12.8 Å². The van der Waals surface area contributed by atoms with E-state index in [2.05, 4.69) is 10.6 Å². The Kier molecular flexibility index (Phi) is 5.98. The number of methoxy groups -OCH3 is 1. The molecule has 0 spiro atoms. The molecule has 0 aliphatic carbocycles. The quantitative estimate of drug-likeness (QED) is 0.760. The summed E-state index contributed by atoms with van der Waals surface area (Å²) in [5.41, 5.74) is 1.24. The maximum atomic E-state index is 12.6. The van der Waals surface area contributed by atoms with Gasteiger partial charge in [0.15, 0.2) is 0 Å². The molecule has 2 aromatic rings. The number of hydrogen-bond acceptors (Lipinski definition) is 5. The maximum absolute atomic E-state index is 12.6. The SMILES string of the molecule is COc1ccc(NC(=O)CNc2cccc(S(=O)(=O)N3CCCC3)c2)cc1. The monoisotopic (exact) mass is 389 g/mol. The summed E-state index contributed by atoms with van der Waals surface area (Å²) in [4.78, 5) is 12.3. The second-order valence-corrected chi connectivity index (χ2v) is 8.21. The van der Waals surface area contributed by atoms with Crippen molar-refractivity contribution in [3.63, 3.8) is 0 Å². The molecular weight excluding hydrogens is 366 g/mol. The van der Waals surface area contributed by atoms with E-state index in [-0.39, 0.29) is 17.3 Å². The van der Waals surface area contributed by atoms with Crippen LogP contribution in [0.2, 0.25) is 0 Å². The number of sulfonamides is 1. The Morgan fingerprint density at radius 1 is 1.07 bits per heavy atom. The fraction of sp³-hybridized carbons (Fsp3) is 0.316. The van der Waals surface area contributed by atoms with E-state index in [1.54, 1.807) is 55.6 Å². The Morgan fingerprint density at radius 3 is 2.44 bits per heavy atom. The fourth-order valence-electron chi connectivity index (χ4n) is 2.91. The van der Waals surface area contributed by atoms with Crippen LogP contribution in [-0.2, 0) is 14.8 Å². The summed E-state index contributed by atoms with van der Waals surface area (Å²) in [7, 11) is -1.90. The summed E-state index contributed by atoms with van der Waals surface area (Å²) in [5, 5.41) is 5.74. The first-order valence-electron chi connectivity index (χ1n) is 8.77. The van der Waals surface area contributed by atoms with Crippen molar-refractivity contribution in [3.8, 4) is 5.75 Å². The predicted molar refractivity (Wildman–Crippen MR) is 105 cm³/mol. The van der Waals surface area contributed by atoms with Crippen LogP contribution in [0.5, 0.6) is 5.75 Å². The third kappa shape index (κ3) is 4.78. The van der Waals surface area contributed by atoms with Gasteiger partial charge in [0, 0.05) is 24.5 Å². The van der Waals surface area contributed by atoms with Gasteiger partial charge < -0.3 is 15.4 Å². The minimum atomic E-state index is -3.47. The number of anilines is 2. The van der Waals surface area contributed by atoms with Gasteiger partial charge in [-0.05, 0) is 55.3 Å². The zero-order chi connectivity index (χ0) is 19.3. The van der Waals surface area contributed by atoms with E-state index < -0.39 is 10.0 Å². The molecule has 0 aromatic heterocycles. The molecule has 144 valence electrons. The van der Waals surface area contributed by atoms with Crippen molar-refractivity contribution in [1.29, 1.82) is 0 Å². The van der Waals surface area contributed by atoms with Crippen LogP contribution >= 0.6 is 0 Å². The molecular formula is C19H23N3O4S. The van der Waals surface area contributed by atoms with Crippen molar-refractivity contribution in [2.45, 2.75) is 17.7 Å². The predicted octanol–water partition coefficient (Wildman–Crippen LogP) is 2.53. The van der Waals surface area contributed by atoms with Crippen LogP contribution in [0.25, 0.3) is 0 Å². The van der Waals surface area contributed by atoms with Gasteiger partial charge in [0.2, 0.25) is 15.9 Å². The van der Waals surface area contributed by atoms with E-state index >= 15 is 0 Å². The van der Waals surface area contributed by atoms with Crippen LogP contribution in [0.3, 0.4) is 0 Å². The molecule has 2 N–H and O–H groups in total. The molecule has 0 bridgehead atoms. The van der Waals surface area contributed by atoms with E-state index in [1.807, 2.05) is 0 Å². The summed E-state index contributed by atoms with van der Waals surface area (Å²) in [5.74, 6) is 0.482. The lowest BCUT2D eigenvalue weighted by Gasteiger charge is -2.16. The molecule has 0 saturated carbocycles. The highest BCUT2D eigenvalue weighted by Gasteiger charge is 2.27. The minimum Gasteiger partial charge on any atom is -0.497 e. The number of rotatable bonds is 7. The first-order chi connectivity index (χ1) is 13.0. The molecule has 0 unspecified atom stereocenters. The number of carbonyl (C=O) groups excluding carboxylic acids is 1. The molecule has 1 aliphatic rings. The van der Waals surface area contributed by atoms with Gasteiger partial charge in [-0.2, -0.15) is 4.31 Å². The Labute approximate surface area is 159 Å². The fourth-order valence-corrected chi connectivity index (χ4v) is 4.47. The second kappa shape index (κ2) is 8.41. The number of ether oxygens (including phenoxy) is 1. The average molecular weight is 389 g/mol. The third-order valence-electron chi connectivity index (χ3n) is 4.36. The highest BCUT2D eigenvalue weighted by molar-refractivity contribution is 7.89. The molecule has 7 nitrogen and oxygen atoms in total. The van der Waals surface area contributed by atoms with Crippen molar-refractivity contribution >= 4 is 27.3 Å². The van der Waals surface area contributed by atoms with Crippen LogP contribution in [0, 0.1) is 0 Å². The summed E-state index contributed by atoms with van der Waals surface area (Å²) < 4.78 is 31.8. The highest BCUT2D eigenvalue weighted by Crippen LogP contribution is 2.23. The van der Waals surface area contributed by atoms with Crippen molar-refractivity contribution in [3.05, 3.63) is 48.5 Å². The Bertz CT molecular complexity index is 891. The Hall–Kier alpha value is -2.58. The summed E-state index contributed by atoms with van der Waals surface area (Å²) in [6.45, 7) is 1.15. The van der Waals surface area contributed by atoms with Crippen molar-refractivity contribution in [2.24, 2.45) is 0 Å². The second-order valence-electron chi connectivity index (χ2n) is 6.27. The minimum absolute atomic E-state index is 0.0270. The van der Waals surface area contributed by atoms with Gasteiger partial charge in [-0.25, -0.2) is 8.42 Å². The number of amides is 1. The van der Waals surface area contributed by atoms with Crippen LogP contribution in [0.15, 0.2) is 53.4 Å². The van der Waals surface area contributed by atoms with Gasteiger partial charge in [-0.3, -0.25) is 4.79 Å². The van der Waals surface area contributed by atoms with Gasteiger partial charge >= 0.3 is 0 Å². The molecule has 27 heavy (non-hydrogen) atoms. The van der Waals surface area contributed by atoms with Gasteiger partial charge in [0.05, 0.1) is 18.6 Å². The molecule has 3 rings (SSSR count). The molecule has 8 heteroatoms. The summed E-state index contributed by atoms with van der Waals surface area (Å²) in [6, 6.07) is 13.6. The molecule has 0 atom stereocenters. The number of carbonyl (C=O) groups is 1. The number of benzene rings is 2. The lowest BCUT2D eigenvalue weighted by atomic mass is 10.3. The lowest BCUT2D eigenvalue weighted by molar-refractivity contribution is -0.114. The molecule has 1 heterocycles. The highest BCUT2D eigenvalue weighted by atomic mass is 32.2. The maximum Gasteiger partial charge on any atom is 0.243 e. The Morgan fingerprint density at radius 2 is 1.78 bits per heavy atom. The normalized spacial score (nSPS) is 14.7. The first kappa shape index (κ1) is 19.2. The molecule has 1 amide bonds. The van der Waals surface area contributed by atoms with E-state index in [0.717, 1.165) is 12.8 Å². The van der Waals surface area contributed by atoms with Crippen LogP contribution in [0.4, 0.5) is 11.4 Å². The van der Waals surface area contributed by atoms with Gasteiger partial charge in [-0.15, -0.1) is 0 Å². The zero-order valence-electron chi connectivity index (χ0n) is 15.1.